The highest BCUT2D eigenvalue weighted by molar-refractivity contribution is 5.99. The van der Waals surface area contributed by atoms with E-state index in [1.165, 1.54) is 25.3 Å². The number of hydrogen-bond donors (Lipinski definition) is 1. The lowest BCUT2D eigenvalue weighted by atomic mass is 9.84. The Balaban J connectivity index is 2.15. The predicted molar refractivity (Wildman–Crippen MR) is 97.3 cm³/mol. The fourth-order valence-corrected chi connectivity index (χ4v) is 3.77. The largest absolute Gasteiger partial charge is 0.496 e. The lowest BCUT2D eigenvalue weighted by Gasteiger charge is -2.20. The van der Waals surface area contributed by atoms with Crippen LogP contribution in [0.1, 0.15) is 36.8 Å². The highest BCUT2D eigenvalue weighted by Gasteiger charge is 2.36. The smallest absolute Gasteiger partial charge is 0.420 e. The number of carboxylic acid groups (broad SMARTS) is 1. The van der Waals surface area contributed by atoms with Gasteiger partial charge in [-0.2, -0.15) is 13.2 Å². The topological polar surface area (TPSA) is 63.6 Å². The zero-order valence-corrected chi connectivity index (χ0v) is 15.2. The fourth-order valence-electron chi connectivity index (χ4n) is 3.77. The Morgan fingerprint density at radius 3 is 2.54 bits per heavy atom. The molecule has 0 heterocycles. The van der Waals surface area contributed by atoms with E-state index in [4.69, 9.17) is 9.84 Å². The molecule has 1 N–H and O–H groups in total. The maximum Gasteiger partial charge on any atom is 0.420 e. The molecule has 2 aromatic rings. The number of benzene rings is 2. The Morgan fingerprint density at radius 1 is 1.14 bits per heavy atom. The lowest BCUT2D eigenvalue weighted by molar-refractivity contribution is -0.138. The van der Waals surface area contributed by atoms with Gasteiger partial charge in [0, 0.05) is 12.8 Å². The van der Waals surface area contributed by atoms with Crippen molar-refractivity contribution in [1.82, 2.24) is 0 Å². The van der Waals surface area contributed by atoms with E-state index in [9.17, 15) is 22.8 Å². The summed E-state index contributed by atoms with van der Waals surface area (Å²) in [6.45, 7) is 0. The molecular weight excluding hydrogens is 373 g/mol. The molecule has 0 saturated carbocycles. The van der Waals surface area contributed by atoms with Crippen molar-refractivity contribution in [3.05, 3.63) is 52.6 Å². The molecule has 1 aliphatic rings. The van der Waals surface area contributed by atoms with E-state index in [0.29, 0.717) is 41.4 Å². The lowest BCUT2D eigenvalue weighted by Crippen LogP contribution is -2.16. The molecule has 4 nitrogen and oxygen atoms in total. The van der Waals surface area contributed by atoms with Gasteiger partial charge in [0.05, 0.1) is 13.5 Å². The van der Waals surface area contributed by atoms with E-state index in [2.05, 4.69) is 0 Å². The average Bonchev–Trinajstić information content (AvgIpc) is 2.62. The molecule has 148 valence electrons. The van der Waals surface area contributed by atoms with Crippen LogP contribution in [0.2, 0.25) is 0 Å². The number of allylic oxidation sites excluding steroid dienone is 1. The van der Waals surface area contributed by atoms with Crippen LogP contribution in [0.5, 0.6) is 5.75 Å². The van der Waals surface area contributed by atoms with Crippen molar-refractivity contribution in [2.45, 2.75) is 38.3 Å². The van der Waals surface area contributed by atoms with Gasteiger partial charge in [0.15, 0.2) is 5.78 Å². The first-order valence-corrected chi connectivity index (χ1v) is 8.84. The van der Waals surface area contributed by atoms with E-state index in [0.717, 1.165) is 0 Å². The van der Waals surface area contributed by atoms with E-state index in [1.807, 2.05) is 0 Å². The van der Waals surface area contributed by atoms with Gasteiger partial charge < -0.3 is 9.84 Å². The molecule has 3 rings (SSSR count). The molecule has 0 amide bonds. The number of ketones is 1. The Kier molecular flexibility index (Phi) is 5.45. The number of ether oxygens (including phenoxy) is 1. The maximum absolute atomic E-state index is 13.6. The van der Waals surface area contributed by atoms with Crippen molar-refractivity contribution in [3.63, 3.8) is 0 Å². The highest BCUT2D eigenvalue weighted by atomic mass is 19.4. The summed E-state index contributed by atoms with van der Waals surface area (Å²) in [5.74, 6) is -1.43. The van der Waals surface area contributed by atoms with Gasteiger partial charge in [-0.25, -0.2) is 0 Å². The standard InChI is InChI=1S/C21H19F3O4/c1-28-18-9-8-14-12(4-2-6-15(14)20(18)21(22,23)24)10-16-13(11-19(26)27)5-3-7-17(16)25/h2,4,6,8-9H,3,5,7,10-11H2,1H3,(H,26,27). The fraction of sp³-hybridized carbons (Fsp3) is 0.333. The number of rotatable bonds is 5. The van der Waals surface area contributed by atoms with Crippen LogP contribution in [0, 0.1) is 0 Å². The summed E-state index contributed by atoms with van der Waals surface area (Å²) in [4.78, 5) is 23.5. The summed E-state index contributed by atoms with van der Waals surface area (Å²) >= 11 is 0. The third-order valence-electron chi connectivity index (χ3n) is 4.99. The molecule has 0 aromatic heterocycles. The van der Waals surface area contributed by atoms with Crippen molar-refractivity contribution >= 4 is 22.5 Å². The Hall–Kier alpha value is -2.83. The number of Topliss-reactive ketones (excluding diaryl/α,β-unsaturated/α-hetero) is 1. The molecule has 0 aliphatic heterocycles. The molecule has 0 spiro atoms. The molecular formula is C21H19F3O4. The molecule has 0 unspecified atom stereocenters. The monoisotopic (exact) mass is 392 g/mol. The van der Waals surface area contributed by atoms with Crippen LogP contribution in [0.25, 0.3) is 10.8 Å². The molecule has 0 bridgehead atoms. The third-order valence-corrected chi connectivity index (χ3v) is 4.99. The number of alkyl halides is 3. The second kappa shape index (κ2) is 7.66. The minimum Gasteiger partial charge on any atom is -0.496 e. The number of methoxy groups -OCH3 is 1. The number of aliphatic carboxylic acids is 1. The Bertz CT molecular complexity index is 974. The van der Waals surface area contributed by atoms with Gasteiger partial charge in [0.25, 0.3) is 0 Å². The number of halogens is 3. The second-order valence-electron chi connectivity index (χ2n) is 6.76. The zero-order chi connectivity index (χ0) is 20.5. The van der Waals surface area contributed by atoms with Crippen LogP contribution in [0.4, 0.5) is 13.2 Å². The van der Waals surface area contributed by atoms with E-state index in [1.54, 1.807) is 12.1 Å². The second-order valence-corrected chi connectivity index (χ2v) is 6.76. The van der Waals surface area contributed by atoms with E-state index in [-0.39, 0.29) is 29.8 Å². The van der Waals surface area contributed by atoms with Crippen LogP contribution in [-0.2, 0) is 22.2 Å². The molecule has 0 radical (unpaired) electrons. The molecule has 0 fully saturated rings. The summed E-state index contributed by atoms with van der Waals surface area (Å²) in [5.41, 5.74) is 0.665. The first-order chi connectivity index (χ1) is 13.2. The van der Waals surface area contributed by atoms with E-state index >= 15 is 0 Å². The quantitative estimate of drug-likeness (QED) is 0.783. The van der Waals surface area contributed by atoms with Crippen molar-refractivity contribution in [1.29, 1.82) is 0 Å². The number of carbonyl (C=O) groups is 2. The van der Waals surface area contributed by atoms with Gasteiger partial charge in [0.2, 0.25) is 0 Å². The van der Waals surface area contributed by atoms with Gasteiger partial charge in [-0.05, 0) is 40.8 Å². The van der Waals surface area contributed by atoms with Crippen molar-refractivity contribution in [2.75, 3.05) is 7.11 Å². The molecule has 0 saturated heterocycles. The number of fused-ring (bicyclic) bond motifs is 1. The summed E-state index contributed by atoms with van der Waals surface area (Å²) in [6.07, 6.45) is -3.28. The van der Waals surface area contributed by atoms with Crippen molar-refractivity contribution in [3.8, 4) is 5.75 Å². The molecule has 1 aliphatic carbocycles. The molecule has 0 atom stereocenters. The summed E-state index contributed by atoms with van der Waals surface area (Å²) in [5, 5.41) is 9.47. The van der Waals surface area contributed by atoms with Crippen LogP contribution in [0.15, 0.2) is 41.5 Å². The normalized spacial score (nSPS) is 15.2. The SMILES string of the molecule is COc1ccc2c(CC3=C(CC(=O)O)CCCC3=O)cccc2c1C(F)(F)F. The van der Waals surface area contributed by atoms with Crippen LogP contribution < -0.4 is 4.74 Å². The number of hydrogen-bond acceptors (Lipinski definition) is 3. The number of carbonyl (C=O) groups excluding carboxylic acids is 1. The molecule has 28 heavy (non-hydrogen) atoms. The first-order valence-electron chi connectivity index (χ1n) is 8.84. The third kappa shape index (κ3) is 3.88. The Morgan fingerprint density at radius 2 is 1.89 bits per heavy atom. The first kappa shape index (κ1) is 19.9. The van der Waals surface area contributed by atoms with E-state index < -0.39 is 17.7 Å². The van der Waals surface area contributed by atoms with Gasteiger partial charge in [0.1, 0.15) is 11.3 Å². The van der Waals surface area contributed by atoms with Gasteiger partial charge in [-0.3, -0.25) is 9.59 Å². The summed E-state index contributed by atoms with van der Waals surface area (Å²) < 4.78 is 45.7. The van der Waals surface area contributed by atoms with Crippen molar-refractivity contribution in [2.24, 2.45) is 0 Å². The number of carboxylic acids is 1. The van der Waals surface area contributed by atoms with Gasteiger partial charge >= 0.3 is 12.1 Å². The van der Waals surface area contributed by atoms with Gasteiger partial charge in [-0.15, -0.1) is 0 Å². The molecule has 2 aromatic carbocycles. The average molecular weight is 392 g/mol. The minimum atomic E-state index is -4.60. The molecule has 7 heteroatoms. The maximum atomic E-state index is 13.6. The summed E-state index contributed by atoms with van der Waals surface area (Å²) in [6, 6.07) is 7.37. The van der Waals surface area contributed by atoms with Crippen LogP contribution in [-0.4, -0.2) is 24.0 Å². The van der Waals surface area contributed by atoms with Crippen LogP contribution in [0.3, 0.4) is 0 Å². The minimum absolute atomic E-state index is 0.00649. The Labute approximate surface area is 159 Å². The zero-order valence-electron chi connectivity index (χ0n) is 15.2. The van der Waals surface area contributed by atoms with Crippen LogP contribution >= 0.6 is 0 Å². The van der Waals surface area contributed by atoms with Crippen molar-refractivity contribution < 1.29 is 32.6 Å². The highest BCUT2D eigenvalue weighted by Crippen LogP contribution is 2.42. The van der Waals surface area contributed by atoms with Gasteiger partial charge in [-0.1, -0.05) is 29.8 Å². The summed E-state index contributed by atoms with van der Waals surface area (Å²) in [7, 11) is 1.18. The predicted octanol–water partition coefficient (Wildman–Crippen LogP) is 4.93.